The van der Waals surface area contributed by atoms with E-state index in [1.165, 1.54) is 79.6 Å². The van der Waals surface area contributed by atoms with Gasteiger partial charge in [-0.1, -0.05) is 120 Å². The van der Waals surface area contributed by atoms with Gasteiger partial charge in [0.2, 0.25) is 0 Å². The molecule has 0 fully saturated rings. The summed E-state index contributed by atoms with van der Waals surface area (Å²) in [7, 11) is 0. The molecule has 40 heavy (non-hydrogen) atoms. The highest BCUT2D eigenvalue weighted by molar-refractivity contribution is 7.99. The molecule has 0 aliphatic rings. The Kier molecular flexibility index (Phi) is 15.6. The van der Waals surface area contributed by atoms with Gasteiger partial charge in [0.25, 0.3) is 0 Å². The molecule has 1 unspecified atom stereocenters. The van der Waals surface area contributed by atoms with Crippen molar-refractivity contribution in [3.63, 3.8) is 0 Å². The molecule has 0 aliphatic heterocycles. The van der Waals surface area contributed by atoms with Gasteiger partial charge in [0, 0.05) is 4.90 Å². The Morgan fingerprint density at radius 1 is 0.650 bits per heavy atom. The fourth-order valence-electron chi connectivity index (χ4n) is 5.07. The lowest BCUT2D eigenvalue weighted by Crippen LogP contribution is -2.19. The van der Waals surface area contributed by atoms with Crippen molar-refractivity contribution >= 4 is 17.7 Å². The first-order valence-corrected chi connectivity index (χ1v) is 16.8. The third kappa shape index (κ3) is 12.3. The topological polar surface area (TPSA) is 26.3 Å². The van der Waals surface area contributed by atoms with E-state index >= 15 is 0 Å². The summed E-state index contributed by atoms with van der Waals surface area (Å²) in [4.78, 5) is 14.4. The molecule has 3 heteroatoms. The highest BCUT2D eigenvalue weighted by atomic mass is 32.2. The Morgan fingerprint density at radius 3 is 1.90 bits per heavy atom. The molecule has 2 nitrogen and oxygen atoms in total. The van der Waals surface area contributed by atoms with Crippen LogP contribution in [0.1, 0.15) is 113 Å². The monoisotopic (exact) mass is 558 g/mol. The molecule has 0 bridgehead atoms. The lowest BCUT2D eigenvalue weighted by molar-refractivity contribution is 0.0251. The zero-order valence-corrected chi connectivity index (χ0v) is 25.7. The number of hydrogen-bond acceptors (Lipinski definition) is 3. The van der Waals surface area contributed by atoms with Crippen LogP contribution >= 0.6 is 11.8 Å². The van der Waals surface area contributed by atoms with Crippen molar-refractivity contribution < 1.29 is 9.53 Å². The van der Waals surface area contributed by atoms with Crippen molar-refractivity contribution in [2.75, 3.05) is 5.75 Å². The number of aryl methyl sites for hydroxylation is 1. The van der Waals surface area contributed by atoms with Crippen molar-refractivity contribution in [1.82, 2.24) is 0 Å². The average molecular weight is 559 g/mol. The molecular formula is C37H50O2S. The summed E-state index contributed by atoms with van der Waals surface area (Å²) in [5.41, 5.74) is 4.29. The summed E-state index contributed by atoms with van der Waals surface area (Å²) in [6.45, 7) is 4.50. The van der Waals surface area contributed by atoms with Gasteiger partial charge in [-0.05, 0) is 85.2 Å². The predicted octanol–water partition coefficient (Wildman–Crippen LogP) is 11.3. The number of thioether (sulfide) groups is 1. The Balaban J connectivity index is 1.51. The zero-order chi connectivity index (χ0) is 28.3. The number of esters is 1. The lowest BCUT2D eigenvalue weighted by Gasteiger charge is -2.18. The smallest absolute Gasteiger partial charge is 0.338 e. The van der Waals surface area contributed by atoms with Gasteiger partial charge in [-0.2, -0.15) is 0 Å². The molecule has 0 N–H and O–H groups in total. The Labute approximate surface area is 248 Å². The van der Waals surface area contributed by atoms with Gasteiger partial charge in [-0.25, -0.2) is 4.79 Å². The largest absolute Gasteiger partial charge is 0.459 e. The third-order valence-electron chi connectivity index (χ3n) is 7.56. The van der Waals surface area contributed by atoms with Gasteiger partial charge in [0.05, 0.1) is 5.56 Å². The van der Waals surface area contributed by atoms with Crippen LogP contribution in [0.2, 0.25) is 0 Å². The van der Waals surface area contributed by atoms with E-state index in [-0.39, 0.29) is 12.1 Å². The van der Waals surface area contributed by atoms with Gasteiger partial charge in [0.1, 0.15) is 6.10 Å². The first kappa shape index (κ1) is 32.0. The number of rotatable bonds is 20. The molecular weight excluding hydrogens is 508 g/mol. The van der Waals surface area contributed by atoms with Crippen molar-refractivity contribution in [2.45, 2.75) is 115 Å². The summed E-state index contributed by atoms with van der Waals surface area (Å²) in [6, 6.07) is 27.3. The molecule has 0 saturated heterocycles. The maximum atomic E-state index is 13.1. The lowest BCUT2D eigenvalue weighted by atomic mass is 10.0. The van der Waals surface area contributed by atoms with E-state index in [2.05, 4.69) is 68.4 Å². The number of carbonyl (C=O) groups is 1. The minimum absolute atomic E-state index is 0.0194. The number of unbranched alkanes of at least 4 members (excludes halogenated alkanes) is 8. The van der Waals surface area contributed by atoms with Crippen molar-refractivity contribution in [3.8, 4) is 11.1 Å². The standard InChI is InChI=1S/C37H50O2S/c1-3-5-7-9-10-14-20-35(21-16-19-31-17-12-11-13-18-31)39-37(38)34-24-22-32(23-25-34)33-26-28-36(29-27-33)40-30-15-8-6-4-2/h11-13,17-18,22-29,35H,3-10,14-16,19-21,30H2,1-2H3. The van der Waals surface area contributed by atoms with E-state index in [4.69, 9.17) is 4.74 Å². The van der Waals surface area contributed by atoms with E-state index in [9.17, 15) is 4.79 Å². The van der Waals surface area contributed by atoms with Crippen LogP contribution in [0.5, 0.6) is 0 Å². The molecule has 216 valence electrons. The van der Waals surface area contributed by atoms with Gasteiger partial charge in [0.15, 0.2) is 0 Å². The van der Waals surface area contributed by atoms with E-state index in [1.54, 1.807) is 0 Å². The highest BCUT2D eigenvalue weighted by Gasteiger charge is 2.16. The molecule has 0 saturated carbocycles. The van der Waals surface area contributed by atoms with E-state index in [0.29, 0.717) is 5.56 Å². The molecule has 0 aromatic heterocycles. The summed E-state index contributed by atoms with van der Waals surface area (Å²) in [6.07, 6.45) is 16.6. The molecule has 3 aromatic rings. The van der Waals surface area contributed by atoms with E-state index in [1.807, 2.05) is 36.0 Å². The molecule has 1 atom stereocenters. The molecule has 0 spiro atoms. The Hall–Kier alpha value is -2.52. The van der Waals surface area contributed by atoms with Crippen molar-refractivity contribution in [1.29, 1.82) is 0 Å². The quantitative estimate of drug-likeness (QED) is 0.0783. The van der Waals surface area contributed by atoms with Gasteiger partial charge < -0.3 is 4.74 Å². The molecule has 0 radical (unpaired) electrons. The SMILES string of the molecule is CCCCCCCCC(CCCc1ccccc1)OC(=O)c1ccc(-c2ccc(SCCCCCC)cc2)cc1. The Bertz CT molecular complexity index is 1060. The van der Waals surface area contributed by atoms with Crippen LogP contribution in [0.3, 0.4) is 0 Å². The first-order valence-electron chi connectivity index (χ1n) is 15.8. The summed E-state index contributed by atoms with van der Waals surface area (Å²) in [5.74, 6) is 0.986. The van der Waals surface area contributed by atoms with Crippen molar-refractivity contribution in [2.24, 2.45) is 0 Å². The predicted molar refractivity (Wildman–Crippen MR) is 173 cm³/mol. The number of ether oxygens (including phenoxy) is 1. The van der Waals surface area contributed by atoms with Crippen LogP contribution in [-0.4, -0.2) is 17.8 Å². The average Bonchev–Trinajstić information content (AvgIpc) is 2.99. The highest BCUT2D eigenvalue weighted by Crippen LogP contribution is 2.26. The van der Waals surface area contributed by atoms with Gasteiger partial charge >= 0.3 is 5.97 Å². The van der Waals surface area contributed by atoms with Crippen LogP contribution in [0.15, 0.2) is 83.8 Å². The van der Waals surface area contributed by atoms with Crippen LogP contribution in [-0.2, 0) is 11.2 Å². The molecule has 3 aromatic carbocycles. The minimum atomic E-state index is -0.197. The second-order valence-electron chi connectivity index (χ2n) is 11.0. The fourth-order valence-corrected chi connectivity index (χ4v) is 5.99. The minimum Gasteiger partial charge on any atom is -0.459 e. The zero-order valence-electron chi connectivity index (χ0n) is 24.9. The van der Waals surface area contributed by atoms with E-state index in [0.717, 1.165) is 37.7 Å². The Morgan fingerprint density at radius 2 is 1.23 bits per heavy atom. The van der Waals surface area contributed by atoms with Crippen molar-refractivity contribution in [3.05, 3.63) is 90.0 Å². The number of benzene rings is 3. The molecule has 0 amide bonds. The summed E-state index contributed by atoms with van der Waals surface area (Å²) < 4.78 is 6.08. The second kappa shape index (κ2) is 19.5. The maximum Gasteiger partial charge on any atom is 0.338 e. The normalized spacial score (nSPS) is 11.8. The summed E-state index contributed by atoms with van der Waals surface area (Å²) >= 11 is 1.94. The molecule has 3 rings (SSSR count). The van der Waals surface area contributed by atoms with Gasteiger partial charge in [-0.15, -0.1) is 11.8 Å². The van der Waals surface area contributed by atoms with Gasteiger partial charge in [-0.3, -0.25) is 0 Å². The van der Waals surface area contributed by atoms with Crippen LogP contribution < -0.4 is 0 Å². The van der Waals surface area contributed by atoms with Crippen LogP contribution in [0.4, 0.5) is 0 Å². The summed E-state index contributed by atoms with van der Waals surface area (Å²) in [5, 5.41) is 0. The first-order chi connectivity index (χ1) is 19.7. The number of carbonyl (C=O) groups excluding carboxylic acids is 1. The molecule has 0 heterocycles. The molecule has 0 aliphatic carbocycles. The second-order valence-corrected chi connectivity index (χ2v) is 12.1. The number of hydrogen-bond donors (Lipinski definition) is 0. The third-order valence-corrected chi connectivity index (χ3v) is 8.66. The van der Waals surface area contributed by atoms with E-state index < -0.39 is 0 Å². The van der Waals surface area contributed by atoms with Crippen LogP contribution in [0.25, 0.3) is 11.1 Å². The fraction of sp³-hybridized carbons (Fsp3) is 0.486. The maximum absolute atomic E-state index is 13.1. The van der Waals surface area contributed by atoms with Crippen LogP contribution in [0, 0.1) is 0 Å².